The summed E-state index contributed by atoms with van der Waals surface area (Å²) >= 11 is 3.54. The average Bonchev–Trinajstić information content (AvgIpc) is 3.09. The van der Waals surface area contributed by atoms with E-state index in [1.807, 2.05) is 26.0 Å². The fourth-order valence-corrected chi connectivity index (χ4v) is 3.55. The summed E-state index contributed by atoms with van der Waals surface area (Å²) in [5, 5.41) is 20.8. The van der Waals surface area contributed by atoms with E-state index in [1.54, 1.807) is 23.1 Å². The van der Waals surface area contributed by atoms with E-state index < -0.39 is 0 Å². The van der Waals surface area contributed by atoms with Gasteiger partial charge in [0, 0.05) is 41.4 Å². The number of hydrogen-bond acceptors (Lipinski definition) is 5. The van der Waals surface area contributed by atoms with Gasteiger partial charge in [-0.05, 0) is 41.4 Å². The molecule has 0 spiro atoms. The second-order valence-corrected chi connectivity index (χ2v) is 7.14. The van der Waals surface area contributed by atoms with Gasteiger partial charge in [0.25, 0.3) is 0 Å². The molecule has 3 aromatic rings. The van der Waals surface area contributed by atoms with E-state index in [4.69, 9.17) is 4.98 Å². The van der Waals surface area contributed by atoms with E-state index in [0.717, 1.165) is 51.4 Å². The number of pyridine rings is 1. The van der Waals surface area contributed by atoms with Crippen LogP contribution in [0.5, 0.6) is 0 Å². The summed E-state index contributed by atoms with van der Waals surface area (Å²) in [6.07, 6.45) is 7.34. The standard InChI is InChI=1S/C17H20BrN6O.C2H6/c18-14-10-21-24-16(20-8-12-3-2-6-23(25)11-12)7-15(22-17(14)24)13-4-1-5-19-9-13;1-2/h2-3,6-7,10-11,13,19-20,25H,1,4-5,8-9H2;1-2H3/q+1;. The van der Waals surface area contributed by atoms with Crippen molar-refractivity contribution >= 4 is 27.4 Å². The van der Waals surface area contributed by atoms with Crippen molar-refractivity contribution in [2.24, 2.45) is 0 Å². The highest BCUT2D eigenvalue weighted by Crippen LogP contribution is 2.27. The smallest absolute Gasteiger partial charge is 0.227 e. The van der Waals surface area contributed by atoms with Crippen LogP contribution >= 0.6 is 15.9 Å². The molecule has 1 atom stereocenters. The predicted molar refractivity (Wildman–Crippen MR) is 108 cm³/mol. The molecule has 144 valence electrons. The maximum atomic E-state index is 9.55. The van der Waals surface area contributed by atoms with Crippen molar-refractivity contribution in [1.29, 1.82) is 0 Å². The van der Waals surface area contributed by atoms with Crippen LogP contribution in [-0.4, -0.2) is 32.9 Å². The van der Waals surface area contributed by atoms with Gasteiger partial charge in [0.15, 0.2) is 5.65 Å². The van der Waals surface area contributed by atoms with Crippen LogP contribution in [0.15, 0.2) is 41.3 Å². The van der Waals surface area contributed by atoms with Crippen molar-refractivity contribution < 1.29 is 9.94 Å². The van der Waals surface area contributed by atoms with Crippen LogP contribution in [0.1, 0.15) is 43.9 Å². The summed E-state index contributed by atoms with van der Waals surface area (Å²) in [7, 11) is 0. The van der Waals surface area contributed by atoms with E-state index in [1.165, 1.54) is 6.42 Å². The summed E-state index contributed by atoms with van der Waals surface area (Å²) in [6.45, 7) is 6.62. The number of fused-ring (bicyclic) bond motifs is 1. The molecule has 1 aliphatic rings. The molecule has 4 rings (SSSR count). The molecule has 3 aromatic heterocycles. The van der Waals surface area contributed by atoms with E-state index in [0.29, 0.717) is 12.5 Å². The Morgan fingerprint density at radius 2 is 2.30 bits per heavy atom. The Bertz CT molecular complexity index is 891. The normalized spacial score (nSPS) is 16.6. The van der Waals surface area contributed by atoms with Crippen LogP contribution < -0.4 is 15.4 Å². The van der Waals surface area contributed by atoms with E-state index >= 15 is 0 Å². The molecule has 0 bridgehead atoms. The van der Waals surface area contributed by atoms with Crippen LogP contribution in [0.25, 0.3) is 5.65 Å². The number of halogens is 1. The Morgan fingerprint density at radius 1 is 1.44 bits per heavy atom. The van der Waals surface area contributed by atoms with Gasteiger partial charge >= 0.3 is 0 Å². The number of nitrogens with one attached hydrogen (secondary N) is 2. The van der Waals surface area contributed by atoms with Gasteiger partial charge in [0.05, 0.1) is 16.4 Å². The fourth-order valence-electron chi connectivity index (χ4n) is 3.20. The van der Waals surface area contributed by atoms with E-state index in [2.05, 4.69) is 37.7 Å². The third kappa shape index (κ3) is 4.56. The zero-order valence-electron chi connectivity index (χ0n) is 15.7. The Kier molecular flexibility index (Phi) is 6.63. The van der Waals surface area contributed by atoms with Gasteiger partial charge < -0.3 is 10.6 Å². The lowest BCUT2D eigenvalue weighted by Gasteiger charge is -2.23. The lowest BCUT2D eigenvalue weighted by atomic mass is 9.96. The minimum absolute atomic E-state index is 0.414. The maximum absolute atomic E-state index is 9.55. The highest BCUT2D eigenvalue weighted by atomic mass is 79.9. The number of anilines is 1. The van der Waals surface area contributed by atoms with Crippen molar-refractivity contribution in [2.45, 2.75) is 39.2 Å². The molecule has 1 fully saturated rings. The third-order valence-electron chi connectivity index (χ3n) is 4.48. The molecule has 0 amide bonds. The first kappa shape index (κ1) is 19.6. The molecular formula is C19H26BrN6O+. The first-order valence-corrected chi connectivity index (χ1v) is 10.2. The van der Waals surface area contributed by atoms with Gasteiger partial charge in [-0.3, -0.25) is 5.21 Å². The zero-order chi connectivity index (χ0) is 19.2. The predicted octanol–water partition coefficient (Wildman–Crippen LogP) is 3.12. The molecule has 7 nitrogen and oxygen atoms in total. The van der Waals surface area contributed by atoms with Crippen LogP contribution in [0, 0.1) is 0 Å². The largest absolute Gasteiger partial charge is 0.366 e. The van der Waals surface area contributed by atoms with Gasteiger partial charge in [-0.25, -0.2) is 4.98 Å². The van der Waals surface area contributed by atoms with Crippen molar-refractivity contribution in [2.75, 3.05) is 18.4 Å². The highest BCUT2D eigenvalue weighted by molar-refractivity contribution is 9.10. The molecule has 1 saturated heterocycles. The summed E-state index contributed by atoms with van der Waals surface area (Å²) in [6, 6.07) is 5.85. The number of piperidine rings is 1. The number of aromatic nitrogens is 4. The van der Waals surface area contributed by atoms with Crippen LogP contribution in [0.2, 0.25) is 0 Å². The maximum Gasteiger partial charge on any atom is 0.227 e. The molecule has 27 heavy (non-hydrogen) atoms. The van der Waals surface area contributed by atoms with Crippen LogP contribution in [0.3, 0.4) is 0 Å². The van der Waals surface area contributed by atoms with E-state index in [9.17, 15) is 5.21 Å². The summed E-state index contributed by atoms with van der Waals surface area (Å²) in [5.41, 5.74) is 2.87. The second-order valence-electron chi connectivity index (χ2n) is 6.28. The SMILES string of the molecule is CC.O[n+]1cccc(CNc2cc(C3CCCNC3)nc3c(Br)cnn23)c1. The molecular weight excluding hydrogens is 408 g/mol. The number of rotatable bonds is 4. The molecule has 3 N–H and O–H groups in total. The second kappa shape index (κ2) is 9.14. The number of nitrogens with zero attached hydrogens (tertiary/aromatic N) is 4. The summed E-state index contributed by atoms with van der Waals surface area (Å²) < 4.78 is 3.75. The molecule has 0 saturated carbocycles. The molecule has 0 aliphatic carbocycles. The Balaban J connectivity index is 0.00000102. The monoisotopic (exact) mass is 433 g/mol. The first-order chi connectivity index (χ1) is 13.2. The molecule has 1 aliphatic heterocycles. The van der Waals surface area contributed by atoms with Gasteiger partial charge in [-0.1, -0.05) is 13.8 Å². The van der Waals surface area contributed by atoms with Gasteiger partial charge in [-0.2, -0.15) is 9.61 Å². The number of hydrogen-bond donors (Lipinski definition) is 3. The molecule has 0 radical (unpaired) electrons. The molecule has 1 unspecified atom stereocenters. The average molecular weight is 434 g/mol. The van der Waals surface area contributed by atoms with Crippen molar-refractivity contribution in [1.82, 2.24) is 19.9 Å². The summed E-state index contributed by atoms with van der Waals surface area (Å²) in [5.74, 6) is 1.31. The van der Waals surface area contributed by atoms with Crippen molar-refractivity contribution in [3.8, 4) is 0 Å². The Labute approximate surface area is 167 Å². The van der Waals surface area contributed by atoms with Gasteiger partial charge in [-0.15, -0.1) is 0 Å². The minimum Gasteiger partial charge on any atom is -0.366 e. The topological polar surface area (TPSA) is 78.4 Å². The fraction of sp³-hybridized carbons (Fsp3) is 0.421. The highest BCUT2D eigenvalue weighted by Gasteiger charge is 2.19. The Morgan fingerprint density at radius 3 is 3.04 bits per heavy atom. The van der Waals surface area contributed by atoms with E-state index in [-0.39, 0.29) is 0 Å². The molecule has 0 aromatic carbocycles. The first-order valence-electron chi connectivity index (χ1n) is 9.39. The van der Waals surface area contributed by atoms with Crippen molar-refractivity contribution in [3.63, 3.8) is 0 Å². The molecule has 8 heteroatoms. The van der Waals surface area contributed by atoms with Crippen LogP contribution in [0.4, 0.5) is 5.82 Å². The Hall–Kier alpha value is -2.19. The quantitative estimate of drug-likeness (QED) is 0.435. The van der Waals surface area contributed by atoms with Gasteiger partial charge in [0.1, 0.15) is 5.82 Å². The zero-order valence-corrected chi connectivity index (χ0v) is 17.3. The third-order valence-corrected chi connectivity index (χ3v) is 5.04. The van der Waals surface area contributed by atoms with Crippen LogP contribution in [-0.2, 0) is 6.54 Å². The lowest BCUT2D eigenvalue weighted by molar-refractivity contribution is -0.905. The van der Waals surface area contributed by atoms with Crippen molar-refractivity contribution in [3.05, 3.63) is 52.5 Å². The molecule has 4 heterocycles. The van der Waals surface area contributed by atoms with Gasteiger partial charge in [0.2, 0.25) is 12.4 Å². The minimum atomic E-state index is 0.414. The summed E-state index contributed by atoms with van der Waals surface area (Å²) in [4.78, 5) is 4.82. The lowest BCUT2D eigenvalue weighted by Crippen LogP contribution is -2.29.